The maximum absolute atomic E-state index is 6.30. The van der Waals surface area contributed by atoms with E-state index in [2.05, 4.69) is 31.0 Å². The molecule has 0 aromatic heterocycles. The van der Waals surface area contributed by atoms with Gasteiger partial charge in [0.25, 0.3) is 0 Å². The topological polar surface area (TPSA) is 12.5 Å². The molecule has 1 aliphatic heterocycles. The molecule has 0 aliphatic carbocycles. The highest BCUT2D eigenvalue weighted by atomic mass is 35.5. The fraction of sp³-hybridized carbons (Fsp3) is 0.294. The molecule has 2 nitrogen and oxygen atoms in total. The van der Waals surface area contributed by atoms with Crippen LogP contribution in [0.4, 0.5) is 0 Å². The van der Waals surface area contributed by atoms with Gasteiger partial charge >= 0.3 is 0 Å². The summed E-state index contributed by atoms with van der Waals surface area (Å²) in [5.74, 6) is 0. The molecule has 1 heterocycles. The molecule has 2 aromatic carbocycles. The molecular weight excluding hydrogens is 270 g/mol. The van der Waals surface area contributed by atoms with Crippen LogP contribution in [0.5, 0.6) is 0 Å². The highest BCUT2D eigenvalue weighted by Crippen LogP contribution is 2.42. The van der Waals surface area contributed by atoms with Crippen LogP contribution in [-0.4, -0.2) is 18.0 Å². The minimum Gasteiger partial charge on any atom is -0.349 e. The van der Waals surface area contributed by atoms with E-state index >= 15 is 0 Å². The Bertz CT molecular complexity index is 587. The lowest BCUT2D eigenvalue weighted by Crippen LogP contribution is -2.27. The maximum Gasteiger partial charge on any atom is 0.139 e. The van der Waals surface area contributed by atoms with Crippen LogP contribution in [0.3, 0.4) is 0 Å². The van der Waals surface area contributed by atoms with Gasteiger partial charge in [-0.1, -0.05) is 60.1 Å². The number of hydrogen-bond acceptors (Lipinski definition) is 2. The molecule has 3 heteroatoms. The van der Waals surface area contributed by atoms with Gasteiger partial charge in [0.15, 0.2) is 0 Å². The molecule has 0 bridgehead atoms. The molecule has 3 rings (SSSR count). The largest absolute Gasteiger partial charge is 0.349 e. The summed E-state index contributed by atoms with van der Waals surface area (Å²) in [6.45, 7) is 2.19. The lowest BCUT2D eigenvalue weighted by atomic mass is 10.0. The average Bonchev–Trinajstić information content (AvgIpc) is 2.77. The third kappa shape index (κ3) is 2.35. The maximum atomic E-state index is 6.30. The molecule has 2 aromatic rings. The van der Waals surface area contributed by atoms with Crippen LogP contribution >= 0.6 is 11.6 Å². The van der Waals surface area contributed by atoms with Crippen molar-refractivity contribution < 1.29 is 4.74 Å². The van der Waals surface area contributed by atoms with Gasteiger partial charge in [0, 0.05) is 16.6 Å². The van der Waals surface area contributed by atoms with E-state index in [-0.39, 0.29) is 12.3 Å². The van der Waals surface area contributed by atoms with E-state index in [4.69, 9.17) is 16.3 Å². The van der Waals surface area contributed by atoms with Crippen molar-refractivity contribution in [2.75, 3.05) is 7.05 Å². The van der Waals surface area contributed by atoms with Gasteiger partial charge in [-0.15, -0.1) is 0 Å². The molecular formula is C17H18ClNO. The predicted octanol–water partition coefficient (Wildman–Crippen LogP) is 4.43. The van der Waals surface area contributed by atoms with Crippen LogP contribution < -0.4 is 0 Å². The van der Waals surface area contributed by atoms with Crippen LogP contribution in [0.1, 0.15) is 30.4 Å². The van der Waals surface area contributed by atoms with E-state index in [9.17, 15) is 0 Å². The third-order valence-electron chi connectivity index (χ3n) is 4.03. The van der Waals surface area contributed by atoms with E-state index < -0.39 is 0 Å². The molecule has 3 atom stereocenters. The first-order chi connectivity index (χ1) is 9.68. The number of likely N-dealkylation sites (N-methyl/N-ethyl adjacent to an activating group) is 1. The van der Waals surface area contributed by atoms with Crippen LogP contribution in [0.25, 0.3) is 0 Å². The second-order valence-corrected chi connectivity index (χ2v) is 5.65. The SMILES string of the molecule is C[C@H]1[C@@H](c2ccccc2)O[C@@H](c2ccccc2Cl)N1C. The Morgan fingerprint density at radius 3 is 2.35 bits per heavy atom. The van der Waals surface area contributed by atoms with Crippen LogP contribution in [0.15, 0.2) is 54.6 Å². The molecule has 20 heavy (non-hydrogen) atoms. The molecule has 1 fully saturated rings. The Morgan fingerprint density at radius 1 is 1.00 bits per heavy atom. The van der Waals surface area contributed by atoms with Crippen LogP contribution in [0.2, 0.25) is 5.02 Å². The normalized spacial score (nSPS) is 26.9. The Balaban J connectivity index is 1.91. The van der Waals surface area contributed by atoms with E-state index in [1.54, 1.807) is 0 Å². The van der Waals surface area contributed by atoms with Gasteiger partial charge in [-0.05, 0) is 25.6 Å². The minimum absolute atomic E-state index is 0.0717. The molecule has 1 aliphatic rings. The van der Waals surface area contributed by atoms with Crippen molar-refractivity contribution >= 4 is 11.6 Å². The molecule has 0 spiro atoms. The molecule has 0 unspecified atom stereocenters. The van der Waals surface area contributed by atoms with E-state index in [0.717, 1.165) is 10.6 Å². The number of halogens is 1. The van der Waals surface area contributed by atoms with Gasteiger partial charge in [-0.3, -0.25) is 4.90 Å². The Hall–Kier alpha value is -1.35. The second-order valence-electron chi connectivity index (χ2n) is 5.25. The van der Waals surface area contributed by atoms with Crippen LogP contribution in [0, 0.1) is 0 Å². The Morgan fingerprint density at radius 2 is 1.65 bits per heavy atom. The molecule has 0 radical (unpaired) electrons. The van der Waals surface area contributed by atoms with Crippen molar-refractivity contribution in [2.45, 2.75) is 25.3 Å². The summed E-state index contributed by atoms with van der Waals surface area (Å²) in [6, 6.07) is 18.5. The van der Waals surface area contributed by atoms with Gasteiger partial charge in [-0.25, -0.2) is 0 Å². The summed E-state index contributed by atoms with van der Waals surface area (Å²) in [4.78, 5) is 2.24. The zero-order valence-corrected chi connectivity index (χ0v) is 12.4. The van der Waals surface area contributed by atoms with E-state index in [1.165, 1.54) is 5.56 Å². The van der Waals surface area contributed by atoms with Crippen LogP contribution in [-0.2, 0) is 4.74 Å². The lowest BCUT2D eigenvalue weighted by molar-refractivity contribution is 0.00567. The molecule has 0 amide bonds. The van der Waals surface area contributed by atoms with Gasteiger partial charge in [0.2, 0.25) is 0 Å². The van der Waals surface area contributed by atoms with Crippen molar-refractivity contribution in [2.24, 2.45) is 0 Å². The van der Waals surface area contributed by atoms with Gasteiger partial charge < -0.3 is 4.74 Å². The van der Waals surface area contributed by atoms with Gasteiger partial charge in [-0.2, -0.15) is 0 Å². The Kier molecular flexibility index (Phi) is 3.79. The number of hydrogen-bond donors (Lipinski definition) is 0. The minimum atomic E-state index is -0.0936. The second kappa shape index (κ2) is 5.57. The molecule has 1 saturated heterocycles. The highest BCUT2D eigenvalue weighted by Gasteiger charge is 2.39. The number of ether oxygens (including phenoxy) is 1. The summed E-state index contributed by atoms with van der Waals surface area (Å²) in [5, 5.41) is 0.755. The fourth-order valence-electron chi connectivity index (χ4n) is 2.74. The van der Waals surface area contributed by atoms with Gasteiger partial charge in [0.05, 0.1) is 0 Å². The zero-order valence-electron chi connectivity index (χ0n) is 11.7. The van der Waals surface area contributed by atoms with Crippen molar-refractivity contribution in [3.8, 4) is 0 Å². The van der Waals surface area contributed by atoms with E-state index in [1.807, 2.05) is 42.5 Å². The van der Waals surface area contributed by atoms with Crippen molar-refractivity contribution in [1.82, 2.24) is 4.90 Å². The van der Waals surface area contributed by atoms with Crippen molar-refractivity contribution in [3.05, 3.63) is 70.7 Å². The number of rotatable bonds is 2. The first kappa shape index (κ1) is 13.6. The average molecular weight is 288 g/mol. The molecule has 0 N–H and O–H groups in total. The summed E-state index contributed by atoms with van der Waals surface area (Å²) < 4.78 is 6.28. The quantitative estimate of drug-likeness (QED) is 0.810. The first-order valence-corrected chi connectivity index (χ1v) is 7.23. The van der Waals surface area contributed by atoms with Crippen molar-refractivity contribution in [1.29, 1.82) is 0 Å². The monoisotopic (exact) mass is 287 g/mol. The zero-order chi connectivity index (χ0) is 14.1. The van der Waals surface area contributed by atoms with Gasteiger partial charge in [0.1, 0.15) is 12.3 Å². The van der Waals surface area contributed by atoms with E-state index in [0.29, 0.717) is 6.04 Å². The summed E-state index contributed by atoms with van der Waals surface area (Å²) in [6.07, 6.45) is -0.0219. The first-order valence-electron chi connectivity index (χ1n) is 6.85. The fourth-order valence-corrected chi connectivity index (χ4v) is 2.97. The smallest absolute Gasteiger partial charge is 0.139 e. The number of benzene rings is 2. The summed E-state index contributed by atoms with van der Waals surface area (Å²) >= 11 is 6.30. The summed E-state index contributed by atoms with van der Waals surface area (Å²) in [5.41, 5.74) is 2.24. The third-order valence-corrected chi connectivity index (χ3v) is 4.37. The summed E-state index contributed by atoms with van der Waals surface area (Å²) in [7, 11) is 2.08. The molecule has 104 valence electrons. The van der Waals surface area contributed by atoms with Crippen molar-refractivity contribution in [3.63, 3.8) is 0 Å². The Labute approximate surface area is 124 Å². The lowest BCUT2D eigenvalue weighted by Gasteiger charge is -2.22. The molecule has 0 saturated carbocycles. The predicted molar refractivity (Wildman–Crippen MR) is 81.7 cm³/mol. The highest BCUT2D eigenvalue weighted by molar-refractivity contribution is 6.31. The number of nitrogens with zero attached hydrogens (tertiary/aromatic N) is 1. The standard InChI is InChI=1S/C17H18ClNO/c1-12-16(13-8-4-3-5-9-13)20-17(19(12)2)14-10-6-7-11-15(14)18/h3-12,16-17H,1-2H3/t12-,16-,17-/m0/s1.